The number of fused-ring (bicyclic) bond motifs is 1. The molecule has 3 heteroatoms. The molecule has 0 unspecified atom stereocenters. The van der Waals surface area contributed by atoms with Crippen molar-refractivity contribution < 1.29 is 4.79 Å². The highest BCUT2D eigenvalue weighted by Gasteiger charge is 2.07. The van der Waals surface area contributed by atoms with Gasteiger partial charge >= 0.3 is 0 Å². The minimum Gasteiger partial charge on any atom is -0.300 e. The lowest BCUT2D eigenvalue weighted by molar-refractivity contribution is -0.116. The molecule has 0 aliphatic rings. The van der Waals surface area contributed by atoms with Crippen molar-refractivity contribution in [2.24, 2.45) is 0 Å². The van der Waals surface area contributed by atoms with Crippen LogP contribution in [0.15, 0.2) is 30.3 Å². The van der Waals surface area contributed by atoms with E-state index in [1.54, 1.807) is 13.0 Å². The SMILES string of the molecule is CC(=O)Cc1cccc2c(Cl)cc(Cl)cc12. The first-order valence-electron chi connectivity index (χ1n) is 4.94. The average molecular weight is 253 g/mol. The zero-order valence-electron chi connectivity index (χ0n) is 8.76. The lowest BCUT2D eigenvalue weighted by Crippen LogP contribution is -1.97. The molecule has 16 heavy (non-hydrogen) atoms. The third kappa shape index (κ3) is 2.21. The van der Waals surface area contributed by atoms with Gasteiger partial charge in [0.05, 0.1) is 0 Å². The fraction of sp³-hybridized carbons (Fsp3) is 0.154. The number of benzene rings is 2. The Balaban J connectivity index is 2.71. The summed E-state index contributed by atoms with van der Waals surface area (Å²) in [5.74, 6) is 0.128. The molecule has 1 nitrogen and oxygen atoms in total. The number of hydrogen-bond acceptors (Lipinski definition) is 1. The summed E-state index contributed by atoms with van der Waals surface area (Å²) < 4.78 is 0. The molecule has 2 aromatic rings. The molecule has 0 aromatic heterocycles. The van der Waals surface area contributed by atoms with E-state index in [4.69, 9.17) is 23.2 Å². The van der Waals surface area contributed by atoms with Crippen molar-refractivity contribution in [1.82, 2.24) is 0 Å². The van der Waals surface area contributed by atoms with E-state index in [0.29, 0.717) is 16.5 Å². The molecule has 0 amide bonds. The maximum atomic E-state index is 11.2. The van der Waals surface area contributed by atoms with Gasteiger partial charge in [-0.15, -0.1) is 0 Å². The summed E-state index contributed by atoms with van der Waals surface area (Å²) in [4.78, 5) is 11.2. The van der Waals surface area contributed by atoms with E-state index in [1.165, 1.54) is 0 Å². The van der Waals surface area contributed by atoms with Crippen LogP contribution in [0.2, 0.25) is 10.0 Å². The van der Waals surface area contributed by atoms with Crippen LogP contribution in [0.25, 0.3) is 10.8 Å². The van der Waals surface area contributed by atoms with Crippen LogP contribution in [0.4, 0.5) is 0 Å². The summed E-state index contributed by atoms with van der Waals surface area (Å²) in [6.45, 7) is 1.57. The predicted octanol–water partition coefficient (Wildman–Crippen LogP) is 4.28. The Bertz CT molecular complexity index is 561. The highest BCUT2D eigenvalue weighted by molar-refractivity contribution is 6.38. The third-order valence-electron chi connectivity index (χ3n) is 2.44. The lowest BCUT2D eigenvalue weighted by Gasteiger charge is -2.07. The van der Waals surface area contributed by atoms with Gasteiger partial charge in [0.1, 0.15) is 5.78 Å². The molecule has 0 aliphatic heterocycles. The van der Waals surface area contributed by atoms with Crippen molar-refractivity contribution in [1.29, 1.82) is 0 Å². The summed E-state index contributed by atoms with van der Waals surface area (Å²) >= 11 is 12.1. The highest BCUT2D eigenvalue weighted by Crippen LogP contribution is 2.30. The number of carbonyl (C=O) groups excluding carboxylic acids is 1. The number of rotatable bonds is 2. The second-order valence-corrected chi connectivity index (χ2v) is 4.62. The Labute approximate surface area is 104 Å². The molecule has 82 valence electrons. The monoisotopic (exact) mass is 252 g/mol. The Kier molecular flexibility index (Phi) is 3.17. The number of hydrogen-bond donors (Lipinski definition) is 0. The van der Waals surface area contributed by atoms with Crippen LogP contribution in [0, 0.1) is 0 Å². The molecule has 0 heterocycles. The maximum Gasteiger partial charge on any atom is 0.134 e. The van der Waals surface area contributed by atoms with Crippen LogP contribution in [0.3, 0.4) is 0 Å². The molecule has 2 aromatic carbocycles. The predicted molar refractivity (Wildman–Crippen MR) is 68.4 cm³/mol. The molecule has 2 rings (SSSR count). The maximum absolute atomic E-state index is 11.2. The van der Waals surface area contributed by atoms with Gasteiger partial charge in [0.15, 0.2) is 0 Å². The van der Waals surface area contributed by atoms with Gasteiger partial charge in [0.25, 0.3) is 0 Å². The van der Waals surface area contributed by atoms with E-state index < -0.39 is 0 Å². The second-order valence-electron chi connectivity index (χ2n) is 3.78. The van der Waals surface area contributed by atoms with Crippen molar-refractivity contribution in [3.05, 3.63) is 45.9 Å². The quantitative estimate of drug-likeness (QED) is 0.780. The van der Waals surface area contributed by atoms with Gasteiger partial charge in [0.2, 0.25) is 0 Å². The fourth-order valence-electron chi connectivity index (χ4n) is 1.79. The van der Waals surface area contributed by atoms with Gasteiger partial charge in [-0.3, -0.25) is 4.79 Å². The smallest absolute Gasteiger partial charge is 0.134 e. The molecular formula is C13H10Cl2O. The first-order valence-corrected chi connectivity index (χ1v) is 5.69. The largest absolute Gasteiger partial charge is 0.300 e. The number of halogens is 2. The highest BCUT2D eigenvalue weighted by atomic mass is 35.5. The third-order valence-corrected chi connectivity index (χ3v) is 2.97. The first kappa shape index (κ1) is 11.4. The molecule has 0 saturated carbocycles. The molecule has 0 bridgehead atoms. The topological polar surface area (TPSA) is 17.1 Å². The Morgan fingerprint density at radius 2 is 1.94 bits per heavy atom. The summed E-state index contributed by atoms with van der Waals surface area (Å²) in [5.41, 5.74) is 0.967. The van der Waals surface area contributed by atoms with Crippen molar-refractivity contribution in [3.8, 4) is 0 Å². The van der Waals surface area contributed by atoms with Gasteiger partial charge in [0, 0.05) is 21.9 Å². The van der Waals surface area contributed by atoms with E-state index in [0.717, 1.165) is 16.3 Å². The van der Waals surface area contributed by atoms with Gasteiger partial charge in [-0.2, -0.15) is 0 Å². The van der Waals surface area contributed by atoms with Crippen LogP contribution < -0.4 is 0 Å². The van der Waals surface area contributed by atoms with E-state index in [9.17, 15) is 4.79 Å². The minimum absolute atomic E-state index is 0.128. The second kappa shape index (κ2) is 4.44. The van der Waals surface area contributed by atoms with Crippen molar-refractivity contribution in [2.45, 2.75) is 13.3 Å². The molecule has 0 spiro atoms. The molecular weight excluding hydrogens is 243 g/mol. The molecule has 0 atom stereocenters. The van der Waals surface area contributed by atoms with Crippen LogP contribution in [-0.4, -0.2) is 5.78 Å². The Hall–Kier alpha value is -1.05. The van der Waals surface area contributed by atoms with E-state index in [2.05, 4.69) is 0 Å². The average Bonchev–Trinajstić information content (AvgIpc) is 2.18. The van der Waals surface area contributed by atoms with Crippen LogP contribution >= 0.6 is 23.2 Å². The normalized spacial score (nSPS) is 10.7. The summed E-state index contributed by atoms with van der Waals surface area (Å²) in [6.07, 6.45) is 0.411. The fourth-order valence-corrected chi connectivity index (χ4v) is 2.35. The molecule has 0 N–H and O–H groups in total. The summed E-state index contributed by atoms with van der Waals surface area (Å²) in [6, 6.07) is 9.32. The Morgan fingerprint density at radius 3 is 2.62 bits per heavy atom. The molecule has 0 aliphatic carbocycles. The molecule has 0 radical (unpaired) electrons. The zero-order chi connectivity index (χ0) is 11.7. The van der Waals surface area contributed by atoms with Gasteiger partial charge < -0.3 is 0 Å². The van der Waals surface area contributed by atoms with Gasteiger partial charge in [-0.1, -0.05) is 41.4 Å². The van der Waals surface area contributed by atoms with Crippen molar-refractivity contribution >= 4 is 39.8 Å². The number of Topliss-reactive ketones (excluding diaryl/α,β-unsaturated/α-hetero) is 1. The van der Waals surface area contributed by atoms with E-state index >= 15 is 0 Å². The lowest BCUT2D eigenvalue weighted by atomic mass is 10.0. The van der Waals surface area contributed by atoms with Crippen LogP contribution in [-0.2, 0) is 11.2 Å². The first-order chi connectivity index (χ1) is 7.58. The van der Waals surface area contributed by atoms with Gasteiger partial charge in [-0.05, 0) is 30.0 Å². The standard InChI is InChI=1S/C13H10Cl2O/c1-8(16)5-9-3-2-4-11-12(9)6-10(14)7-13(11)15/h2-4,6-7H,5H2,1H3. The minimum atomic E-state index is 0.128. The van der Waals surface area contributed by atoms with E-state index in [-0.39, 0.29) is 5.78 Å². The summed E-state index contributed by atoms with van der Waals surface area (Å²) in [7, 11) is 0. The molecule has 0 saturated heterocycles. The van der Waals surface area contributed by atoms with Crippen LogP contribution in [0.1, 0.15) is 12.5 Å². The number of carbonyl (C=O) groups is 1. The van der Waals surface area contributed by atoms with Gasteiger partial charge in [-0.25, -0.2) is 0 Å². The molecule has 0 fully saturated rings. The number of ketones is 1. The van der Waals surface area contributed by atoms with Crippen molar-refractivity contribution in [2.75, 3.05) is 0 Å². The summed E-state index contributed by atoms with van der Waals surface area (Å²) in [5, 5.41) is 3.10. The van der Waals surface area contributed by atoms with Crippen LogP contribution in [0.5, 0.6) is 0 Å². The zero-order valence-corrected chi connectivity index (χ0v) is 10.3. The Morgan fingerprint density at radius 1 is 1.19 bits per heavy atom. The van der Waals surface area contributed by atoms with Crippen molar-refractivity contribution in [3.63, 3.8) is 0 Å². The van der Waals surface area contributed by atoms with E-state index in [1.807, 2.05) is 24.3 Å².